The molecule has 2 saturated heterocycles. The van der Waals surface area contributed by atoms with Crippen molar-refractivity contribution in [3.8, 4) is 0 Å². The highest BCUT2D eigenvalue weighted by molar-refractivity contribution is 7.89. The van der Waals surface area contributed by atoms with Crippen molar-refractivity contribution in [1.82, 2.24) is 14.1 Å². The molecule has 2 aliphatic heterocycles. The number of amides is 1. The predicted molar refractivity (Wildman–Crippen MR) is 129 cm³/mol. The van der Waals surface area contributed by atoms with Crippen molar-refractivity contribution in [2.45, 2.75) is 36.2 Å². The number of hydrogen-bond acceptors (Lipinski definition) is 6. The monoisotopic (exact) mass is 523 g/mol. The number of nitrogens with zero attached hydrogens (tertiary/aromatic N) is 3. The maximum Gasteiger partial charge on any atom is 0.409 e. The van der Waals surface area contributed by atoms with Crippen molar-refractivity contribution in [1.29, 1.82) is 0 Å². The van der Waals surface area contributed by atoms with E-state index < -0.39 is 39.8 Å². The van der Waals surface area contributed by atoms with Gasteiger partial charge in [-0.15, -0.1) is 0 Å². The number of carbonyl (C=O) groups is 1. The number of aliphatic hydroxyl groups excluding tert-OH is 1. The molecule has 2 aromatic carbocycles. The molecule has 1 amide bonds. The van der Waals surface area contributed by atoms with E-state index in [1.54, 1.807) is 11.0 Å². The average molecular weight is 524 g/mol. The summed E-state index contributed by atoms with van der Waals surface area (Å²) >= 11 is 0. The fourth-order valence-corrected chi connectivity index (χ4v) is 6.73. The molecule has 0 radical (unpaired) electrons. The summed E-state index contributed by atoms with van der Waals surface area (Å²) in [4.78, 5) is 16.3. The van der Waals surface area contributed by atoms with E-state index in [0.717, 1.165) is 12.1 Å². The zero-order valence-corrected chi connectivity index (χ0v) is 20.7. The number of piperazine rings is 1. The van der Waals surface area contributed by atoms with Gasteiger partial charge in [-0.2, -0.15) is 4.31 Å². The second-order valence-corrected chi connectivity index (χ2v) is 10.9. The van der Waals surface area contributed by atoms with Crippen LogP contribution in [0.2, 0.25) is 0 Å². The Labute approximate surface area is 210 Å². The lowest BCUT2D eigenvalue weighted by atomic mass is 9.93. The van der Waals surface area contributed by atoms with Crippen molar-refractivity contribution in [2.24, 2.45) is 0 Å². The molecule has 36 heavy (non-hydrogen) atoms. The first-order chi connectivity index (χ1) is 17.3. The summed E-state index contributed by atoms with van der Waals surface area (Å²) in [6.45, 7) is 2.58. The number of benzene rings is 2. The Kier molecular flexibility index (Phi) is 8.55. The van der Waals surface area contributed by atoms with E-state index in [1.807, 2.05) is 4.90 Å². The van der Waals surface area contributed by atoms with Crippen LogP contribution in [0.4, 0.5) is 13.6 Å². The van der Waals surface area contributed by atoms with Crippen LogP contribution in [0.3, 0.4) is 0 Å². The Morgan fingerprint density at radius 3 is 2.39 bits per heavy atom. The molecule has 0 saturated carbocycles. The van der Waals surface area contributed by atoms with E-state index in [9.17, 15) is 22.0 Å². The van der Waals surface area contributed by atoms with Gasteiger partial charge >= 0.3 is 6.09 Å². The summed E-state index contributed by atoms with van der Waals surface area (Å²) in [6, 6.07) is 9.08. The van der Waals surface area contributed by atoms with Crippen LogP contribution in [0.1, 0.15) is 30.9 Å². The van der Waals surface area contributed by atoms with Gasteiger partial charge in [0.05, 0.1) is 23.6 Å². The molecule has 2 aliphatic rings. The molecule has 0 bridgehead atoms. The number of rotatable bonds is 7. The molecule has 2 fully saturated rings. The van der Waals surface area contributed by atoms with E-state index >= 15 is 0 Å². The topological polar surface area (TPSA) is 90.4 Å². The molecule has 0 unspecified atom stereocenters. The highest BCUT2D eigenvalue weighted by atomic mass is 32.2. The molecule has 196 valence electrons. The van der Waals surface area contributed by atoms with E-state index in [1.165, 1.54) is 34.6 Å². The molecule has 8 nitrogen and oxygen atoms in total. The van der Waals surface area contributed by atoms with Crippen LogP contribution >= 0.6 is 0 Å². The molecule has 0 aromatic heterocycles. The molecule has 4 rings (SSSR count). The zero-order valence-electron chi connectivity index (χ0n) is 19.9. The molecule has 2 atom stereocenters. The number of hydrogen-bond donors (Lipinski definition) is 1. The van der Waals surface area contributed by atoms with E-state index in [2.05, 4.69) is 0 Å². The molecule has 1 N–H and O–H groups in total. The SMILES string of the molecule is O=C(OC[C@H]1CCC[C@@H](c2cccc(F)c2)N1S(=O)(=O)c1ccc(F)cc1)N1CCN(CCO)CC1. The van der Waals surface area contributed by atoms with E-state index in [0.29, 0.717) is 57.5 Å². The molecule has 0 aliphatic carbocycles. The van der Waals surface area contributed by atoms with Gasteiger partial charge in [0.15, 0.2) is 0 Å². The van der Waals surface area contributed by atoms with Gasteiger partial charge in [0.1, 0.15) is 18.2 Å². The quantitative estimate of drug-likeness (QED) is 0.600. The third-order valence-corrected chi connectivity index (χ3v) is 8.73. The van der Waals surface area contributed by atoms with Crippen LogP contribution < -0.4 is 0 Å². The Morgan fingerprint density at radius 1 is 1.00 bits per heavy atom. The number of piperidine rings is 1. The van der Waals surface area contributed by atoms with Gasteiger partial charge in [-0.3, -0.25) is 4.90 Å². The number of aliphatic hydroxyl groups is 1. The van der Waals surface area contributed by atoms with Crippen LogP contribution in [-0.4, -0.2) is 85.7 Å². The van der Waals surface area contributed by atoms with Gasteiger partial charge < -0.3 is 14.7 Å². The first kappa shape index (κ1) is 26.5. The number of sulfonamides is 1. The third kappa shape index (κ3) is 6.03. The molecule has 0 spiro atoms. The van der Waals surface area contributed by atoms with Gasteiger partial charge in [0.2, 0.25) is 10.0 Å². The highest BCUT2D eigenvalue weighted by Gasteiger charge is 2.41. The molecule has 2 heterocycles. The Morgan fingerprint density at radius 2 is 1.72 bits per heavy atom. The van der Waals surface area contributed by atoms with Crippen LogP contribution in [0.25, 0.3) is 0 Å². The average Bonchev–Trinajstić information content (AvgIpc) is 2.88. The normalized spacial score (nSPS) is 21.9. The summed E-state index contributed by atoms with van der Waals surface area (Å²) in [5.74, 6) is -1.03. The highest BCUT2D eigenvalue weighted by Crippen LogP contribution is 2.39. The fourth-order valence-electron chi connectivity index (χ4n) is 4.89. The summed E-state index contributed by atoms with van der Waals surface area (Å²) in [5, 5.41) is 9.09. The third-order valence-electron chi connectivity index (χ3n) is 6.75. The van der Waals surface area contributed by atoms with Crippen LogP contribution in [0, 0.1) is 11.6 Å². The molecule has 11 heteroatoms. The molecule has 2 aromatic rings. The van der Waals surface area contributed by atoms with E-state index in [-0.39, 0.29) is 18.1 Å². The summed E-state index contributed by atoms with van der Waals surface area (Å²) < 4.78 is 61.9. The number of carbonyl (C=O) groups excluding carboxylic acids is 1. The summed E-state index contributed by atoms with van der Waals surface area (Å²) in [6.07, 6.45) is 1.08. The zero-order chi connectivity index (χ0) is 25.7. The predicted octanol–water partition coefficient (Wildman–Crippen LogP) is 3.00. The first-order valence-corrected chi connectivity index (χ1v) is 13.5. The van der Waals surface area contributed by atoms with Gasteiger partial charge in [-0.05, 0) is 61.2 Å². The van der Waals surface area contributed by atoms with Crippen molar-refractivity contribution in [3.63, 3.8) is 0 Å². The Hall–Kier alpha value is -2.60. The lowest BCUT2D eigenvalue weighted by Crippen LogP contribution is -2.51. The van der Waals surface area contributed by atoms with Crippen molar-refractivity contribution in [3.05, 3.63) is 65.7 Å². The second kappa shape index (κ2) is 11.6. The molecular weight excluding hydrogens is 492 g/mol. The van der Waals surface area contributed by atoms with Gasteiger partial charge in [0, 0.05) is 32.7 Å². The number of ether oxygens (including phenoxy) is 1. The number of halogens is 2. The van der Waals surface area contributed by atoms with Gasteiger partial charge in [-0.1, -0.05) is 12.1 Å². The summed E-state index contributed by atoms with van der Waals surface area (Å²) in [5.41, 5.74) is 0.511. The number of β-amino-alcohol motifs (C(OH)–C–C–N with tert-alkyl or cyclic N) is 1. The summed E-state index contributed by atoms with van der Waals surface area (Å²) in [7, 11) is -4.12. The minimum absolute atomic E-state index is 0.0526. The van der Waals surface area contributed by atoms with E-state index in [4.69, 9.17) is 9.84 Å². The first-order valence-electron chi connectivity index (χ1n) is 12.1. The minimum Gasteiger partial charge on any atom is -0.448 e. The Balaban J connectivity index is 1.55. The smallest absolute Gasteiger partial charge is 0.409 e. The second-order valence-electron chi connectivity index (χ2n) is 9.07. The lowest BCUT2D eigenvalue weighted by Gasteiger charge is -2.41. The van der Waals surface area contributed by atoms with Gasteiger partial charge in [0.25, 0.3) is 0 Å². The maximum absolute atomic E-state index is 14.0. The fraction of sp³-hybridized carbons (Fsp3) is 0.480. The maximum atomic E-state index is 14.0. The van der Waals surface area contributed by atoms with Crippen LogP contribution in [-0.2, 0) is 14.8 Å². The van der Waals surface area contributed by atoms with Crippen molar-refractivity contribution in [2.75, 3.05) is 45.9 Å². The van der Waals surface area contributed by atoms with Crippen molar-refractivity contribution < 1.29 is 31.8 Å². The van der Waals surface area contributed by atoms with Crippen LogP contribution in [0.15, 0.2) is 53.4 Å². The van der Waals surface area contributed by atoms with Crippen LogP contribution in [0.5, 0.6) is 0 Å². The largest absolute Gasteiger partial charge is 0.448 e. The minimum atomic E-state index is -4.12. The molecular formula is C25H31F2N3O5S. The lowest BCUT2D eigenvalue weighted by molar-refractivity contribution is 0.0467. The standard InChI is InChI=1S/C25H31F2N3O5S/c26-20-7-9-23(10-8-20)36(33,34)30-22(5-2-6-24(30)19-3-1-4-21(27)17-19)18-35-25(32)29-13-11-28(12-14-29)15-16-31/h1,3-4,7-10,17,22,24,31H,2,5-6,11-16,18H2/t22-,24+/m1/s1. The van der Waals surface area contributed by atoms with Gasteiger partial charge in [-0.25, -0.2) is 22.0 Å². The van der Waals surface area contributed by atoms with Crippen molar-refractivity contribution >= 4 is 16.1 Å². The Bertz CT molecular complexity index is 1140.